The van der Waals surface area contributed by atoms with Crippen molar-refractivity contribution in [3.63, 3.8) is 0 Å². The van der Waals surface area contributed by atoms with Gasteiger partial charge < -0.3 is 0 Å². The molecule has 0 nitrogen and oxygen atoms in total. The number of hydrogen-bond acceptors (Lipinski definition) is 0. The molecule has 1 aliphatic carbocycles. The molecule has 0 saturated carbocycles. The molecule has 0 fully saturated rings. The lowest BCUT2D eigenvalue weighted by atomic mass is 9.98. The summed E-state index contributed by atoms with van der Waals surface area (Å²) >= 11 is 0. The molecule has 1 unspecified atom stereocenters. The van der Waals surface area contributed by atoms with Crippen LogP contribution in [0.1, 0.15) is 23.6 Å². The van der Waals surface area contributed by atoms with Gasteiger partial charge in [0.15, 0.2) is 11.6 Å². The van der Waals surface area contributed by atoms with Crippen LogP contribution in [0.4, 0.5) is 35.1 Å². The summed E-state index contributed by atoms with van der Waals surface area (Å²) in [6.45, 7) is 0.412. The lowest BCUT2D eigenvalue weighted by Crippen LogP contribution is -2.45. The fraction of sp³-hybridized carbons (Fsp3) is 0.455. The molecule has 1 atom stereocenters. The van der Waals surface area contributed by atoms with Crippen molar-refractivity contribution in [3.8, 4) is 0 Å². The Labute approximate surface area is 102 Å². The van der Waals surface area contributed by atoms with Gasteiger partial charge in [0.2, 0.25) is 5.67 Å². The summed E-state index contributed by atoms with van der Waals surface area (Å²) in [5, 5.41) is 0. The van der Waals surface area contributed by atoms with Crippen molar-refractivity contribution >= 4 is 0 Å². The highest BCUT2D eigenvalue weighted by atomic mass is 19.3. The van der Waals surface area contributed by atoms with Gasteiger partial charge in [-0.25, -0.2) is 17.6 Å². The quantitative estimate of drug-likeness (QED) is 0.492. The lowest BCUT2D eigenvalue weighted by Gasteiger charge is -2.27. The van der Waals surface area contributed by atoms with Crippen molar-refractivity contribution < 1.29 is 35.1 Å². The first-order valence-electron chi connectivity index (χ1n) is 5.01. The van der Waals surface area contributed by atoms with Crippen LogP contribution in [0.2, 0.25) is 0 Å². The van der Waals surface area contributed by atoms with Crippen molar-refractivity contribution in [2.24, 2.45) is 0 Å². The fourth-order valence-electron chi connectivity index (χ4n) is 2.03. The van der Waals surface area contributed by atoms with Crippen LogP contribution in [-0.4, -0.2) is 5.67 Å². The van der Waals surface area contributed by atoms with Gasteiger partial charge in [0, 0.05) is 5.56 Å². The molecule has 0 N–H and O–H groups in total. The number of fused-ring (bicyclic) bond motifs is 1. The Kier molecular flexibility index (Phi) is 2.52. The summed E-state index contributed by atoms with van der Waals surface area (Å²) in [6.07, 6.45) is 0. The van der Waals surface area contributed by atoms with Crippen LogP contribution in [0.3, 0.4) is 0 Å². The molecule has 0 aromatic heterocycles. The van der Waals surface area contributed by atoms with Crippen LogP contribution in [0.25, 0.3) is 0 Å². The van der Waals surface area contributed by atoms with E-state index < -0.39 is 51.7 Å². The molecule has 2 rings (SSSR count). The zero-order chi connectivity index (χ0) is 15.0. The van der Waals surface area contributed by atoms with E-state index in [2.05, 4.69) is 0 Å². The summed E-state index contributed by atoms with van der Waals surface area (Å²) < 4.78 is 108. The molecular weight excluding hydrogens is 284 g/mol. The van der Waals surface area contributed by atoms with Gasteiger partial charge in [-0.1, -0.05) is 0 Å². The first kappa shape index (κ1) is 14.1. The lowest BCUT2D eigenvalue weighted by molar-refractivity contribution is -0.230. The van der Waals surface area contributed by atoms with Crippen LogP contribution in [0.15, 0.2) is 0 Å². The van der Waals surface area contributed by atoms with Crippen LogP contribution in [0.5, 0.6) is 0 Å². The fourth-order valence-corrected chi connectivity index (χ4v) is 2.03. The molecule has 0 spiro atoms. The van der Waals surface area contributed by atoms with Crippen molar-refractivity contribution in [3.05, 3.63) is 34.1 Å². The van der Waals surface area contributed by atoms with E-state index in [-0.39, 0.29) is 6.92 Å². The van der Waals surface area contributed by atoms with E-state index in [0.717, 1.165) is 0 Å². The Bertz CT molecular complexity index is 524. The molecule has 1 aliphatic rings. The second-order valence-corrected chi connectivity index (χ2v) is 4.47. The maximum atomic E-state index is 13.6. The van der Waals surface area contributed by atoms with Crippen molar-refractivity contribution in [1.29, 1.82) is 0 Å². The highest BCUT2D eigenvalue weighted by Crippen LogP contribution is 2.63. The van der Waals surface area contributed by atoms with Gasteiger partial charge in [-0.2, -0.15) is 17.6 Å². The molecule has 19 heavy (non-hydrogen) atoms. The van der Waals surface area contributed by atoms with E-state index in [0.29, 0.717) is 6.92 Å². The highest BCUT2D eigenvalue weighted by molar-refractivity contribution is 5.49. The third-order valence-corrected chi connectivity index (χ3v) is 3.35. The van der Waals surface area contributed by atoms with Gasteiger partial charge in [0.25, 0.3) is 0 Å². The minimum atomic E-state index is -5.05. The third kappa shape index (κ3) is 1.29. The first-order chi connectivity index (χ1) is 8.39. The largest absolute Gasteiger partial charge is 0.316 e. The molecule has 0 saturated heterocycles. The standard InChI is InChI=1S/C11H6F8/c1-3-6(12)4-5(8(14)7(3)13)11(18,19)9(2,15)10(4,16)17/h1-2H3. The van der Waals surface area contributed by atoms with Gasteiger partial charge in [-0.05, 0) is 13.8 Å². The van der Waals surface area contributed by atoms with Crippen molar-refractivity contribution in [2.75, 3.05) is 0 Å². The molecule has 8 heteroatoms. The van der Waals surface area contributed by atoms with Crippen LogP contribution in [-0.2, 0) is 11.8 Å². The summed E-state index contributed by atoms with van der Waals surface area (Å²) in [6, 6.07) is 0. The zero-order valence-electron chi connectivity index (χ0n) is 9.52. The number of rotatable bonds is 0. The second-order valence-electron chi connectivity index (χ2n) is 4.47. The Hall–Kier alpha value is -1.34. The maximum Gasteiger partial charge on any atom is 0.316 e. The van der Waals surface area contributed by atoms with E-state index in [4.69, 9.17) is 0 Å². The van der Waals surface area contributed by atoms with E-state index in [9.17, 15) is 35.1 Å². The Balaban J connectivity index is 3.02. The Morgan fingerprint density at radius 2 is 1.05 bits per heavy atom. The molecule has 0 radical (unpaired) electrons. The summed E-state index contributed by atoms with van der Waals surface area (Å²) in [4.78, 5) is 0. The monoisotopic (exact) mass is 290 g/mol. The molecule has 0 bridgehead atoms. The molecule has 0 heterocycles. The number of benzene rings is 1. The minimum absolute atomic E-state index is 0.181. The minimum Gasteiger partial charge on any atom is -0.230 e. The second kappa shape index (κ2) is 3.40. The van der Waals surface area contributed by atoms with Gasteiger partial charge in [-0.15, -0.1) is 0 Å². The highest BCUT2D eigenvalue weighted by Gasteiger charge is 2.77. The van der Waals surface area contributed by atoms with Crippen LogP contribution >= 0.6 is 0 Å². The van der Waals surface area contributed by atoms with Gasteiger partial charge in [0.05, 0.1) is 11.1 Å². The van der Waals surface area contributed by atoms with E-state index >= 15 is 0 Å². The Morgan fingerprint density at radius 1 is 0.684 bits per heavy atom. The zero-order valence-corrected chi connectivity index (χ0v) is 9.52. The third-order valence-electron chi connectivity index (χ3n) is 3.35. The summed E-state index contributed by atoms with van der Waals surface area (Å²) in [7, 11) is 0. The smallest absolute Gasteiger partial charge is 0.230 e. The van der Waals surface area contributed by atoms with E-state index in [1.807, 2.05) is 0 Å². The summed E-state index contributed by atoms with van der Waals surface area (Å²) in [5.41, 5.74) is -10.1. The Morgan fingerprint density at radius 3 is 1.47 bits per heavy atom. The molecule has 1 aromatic rings. The normalized spacial score (nSPS) is 27.5. The predicted octanol–water partition coefficient (Wildman–Crippen LogP) is 4.34. The van der Waals surface area contributed by atoms with Crippen LogP contribution < -0.4 is 0 Å². The number of hydrogen-bond donors (Lipinski definition) is 0. The number of alkyl halides is 5. The summed E-state index contributed by atoms with van der Waals surface area (Å²) in [5.74, 6) is -16.5. The van der Waals surface area contributed by atoms with E-state index in [1.54, 1.807) is 0 Å². The van der Waals surface area contributed by atoms with Crippen molar-refractivity contribution in [2.45, 2.75) is 31.4 Å². The van der Waals surface area contributed by atoms with Gasteiger partial charge >= 0.3 is 11.8 Å². The maximum absolute atomic E-state index is 13.6. The van der Waals surface area contributed by atoms with Crippen molar-refractivity contribution in [1.82, 2.24) is 0 Å². The average Bonchev–Trinajstić information content (AvgIpc) is 2.39. The van der Waals surface area contributed by atoms with E-state index in [1.165, 1.54) is 0 Å². The van der Waals surface area contributed by atoms with Gasteiger partial charge in [-0.3, -0.25) is 0 Å². The first-order valence-corrected chi connectivity index (χ1v) is 5.01. The number of halogens is 8. The molecular formula is C11H6F8. The molecule has 0 aliphatic heterocycles. The van der Waals surface area contributed by atoms with Gasteiger partial charge in [0.1, 0.15) is 5.82 Å². The predicted molar refractivity (Wildman–Crippen MR) is 48.4 cm³/mol. The average molecular weight is 290 g/mol. The molecule has 1 aromatic carbocycles. The molecule has 106 valence electrons. The SMILES string of the molecule is Cc1c(F)c(F)c2c(c1F)C(F)(F)C(C)(F)C2(F)F. The molecule has 0 amide bonds. The topological polar surface area (TPSA) is 0 Å². The van der Waals surface area contributed by atoms with Crippen LogP contribution in [0, 0.1) is 24.4 Å².